The molecule has 3 amide bonds. The van der Waals surface area contributed by atoms with Gasteiger partial charge in [0.25, 0.3) is 5.91 Å². The molecule has 0 unspecified atom stereocenters. The molecule has 1 aromatic heterocycles. The van der Waals surface area contributed by atoms with Crippen molar-refractivity contribution in [3.05, 3.63) is 82.5 Å². The third kappa shape index (κ3) is 8.20. The van der Waals surface area contributed by atoms with E-state index in [-0.39, 0.29) is 30.2 Å². The summed E-state index contributed by atoms with van der Waals surface area (Å²) < 4.78 is 24.8. The first-order chi connectivity index (χ1) is 18.6. The van der Waals surface area contributed by atoms with Gasteiger partial charge >= 0.3 is 0 Å². The maximum Gasteiger partial charge on any atom is 0.274 e. The fourth-order valence-corrected chi connectivity index (χ4v) is 3.50. The second-order valence-electron chi connectivity index (χ2n) is 8.89. The molecule has 39 heavy (non-hydrogen) atoms. The minimum absolute atomic E-state index is 0.0984. The maximum atomic E-state index is 14.3. The lowest BCUT2D eigenvalue weighted by atomic mass is 10.1. The average Bonchev–Trinajstić information content (AvgIpc) is 3.35. The summed E-state index contributed by atoms with van der Waals surface area (Å²) >= 11 is 0. The molecular weight excluding hydrogens is 511 g/mol. The molecule has 3 aromatic rings. The third-order valence-electron chi connectivity index (χ3n) is 5.62. The summed E-state index contributed by atoms with van der Waals surface area (Å²) in [5.74, 6) is -2.24. The van der Waals surface area contributed by atoms with Crippen LogP contribution in [0.15, 0.2) is 53.1 Å². The van der Waals surface area contributed by atoms with E-state index in [4.69, 9.17) is 9.26 Å². The Hall–Kier alpha value is -4.58. The third-order valence-corrected chi connectivity index (χ3v) is 5.62. The number of nitrogens with zero attached hydrogens (tertiary/aromatic N) is 1. The van der Waals surface area contributed by atoms with Crippen LogP contribution in [0, 0.1) is 19.7 Å². The highest BCUT2D eigenvalue weighted by atomic mass is 19.1. The number of aldehydes is 1. The second-order valence-corrected chi connectivity index (χ2v) is 8.89. The molecule has 0 fully saturated rings. The molecule has 0 radical (unpaired) electrons. The number of aromatic nitrogens is 1. The minimum Gasteiger partial charge on any atom is -0.491 e. The van der Waals surface area contributed by atoms with Crippen molar-refractivity contribution in [1.29, 1.82) is 0 Å². The lowest BCUT2D eigenvalue weighted by Crippen LogP contribution is -2.58. The number of rotatable bonds is 12. The van der Waals surface area contributed by atoms with Crippen molar-refractivity contribution in [1.82, 2.24) is 21.1 Å². The van der Waals surface area contributed by atoms with Crippen LogP contribution in [0.25, 0.3) is 0 Å². The predicted octanol–water partition coefficient (Wildman–Crippen LogP) is 1.60. The zero-order valence-electron chi connectivity index (χ0n) is 21.6. The first-order valence-electron chi connectivity index (χ1n) is 12.0. The average molecular weight is 541 g/mol. The standard InChI is InChI=1S/C27H29FN4O7/c1-15-7-8-19(21(28)9-15)12-29-25(35)23(14-38-20-6-4-5-18(11-20)13-33)30-27(37)24(17(3)34)31-26(36)22-10-16(2)39-32-22/h4-11,13,17,23-24,34H,12,14H2,1-3H3,(H,29,35)(H,30,37)(H,31,36)/t17-,23+,24+/m1/s1. The van der Waals surface area contributed by atoms with Crippen LogP contribution in [0.3, 0.4) is 0 Å². The van der Waals surface area contributed by atoms with E-state index in [1.165, 1.54) is 31.2 Å². The largest absolute Gasteiger partial charge is 0.491 e. The Kier molecular flexibility index (Phi) is 9.87. The topological polar surface area (TPSA) is 160 Å². The number of carbonyl (C=O) groups excluding carboxylic acids is 4. The van der Waals surface area contributed by atoms with Crippen LogP contribution in [0.4, 0.5) is 4.39 Å². The van der Waals surface area contributed by atoms with E-state index in [0.717, 1.165) is 0 Å². The van der Waals surface area contributed by atoms with Gasteiger partial charge in [-0.2, -0.15) is 0 Å². The van der Waals surface area contributed by atoms with Crippen LogP contribution in [-0.4, -0.2) is 59.1 Å². The summed E-state index contributed by atoms with van der Waals surface area (Å²) in [6, 6.07) is 9.28. The molecule has 206 valence electrons. The number of carbonyl (C=O) groups is 4. The number of hydrogen-bond donors (Lipinski definition) is 4. The van der Waals surface area contributed by atoms with Gasteiger partial charge in [0, 0.05) is 23.7 Å². The van der Waals surface area contributed by atoms with Crippen LogP contribution in [0.5, 0.6) is 5.75 Å². The van der Waals surface area contributed by atoms with Gasteiger partial charge in [0.2, 0.25) is 11.8 Å². The Morgan fingerprint density at radius 2 is 1.87 bits per heavy atom. The Labute approximate surface area is 223 Å². The van der Waals surface area contributed by atoms with Crippen molar-refractivity contribution < 1.29 is 37.9 Å². The van der Waals surface area contributed by atoms with Gasteiger partial charge in [-0.05, 0) is 44.5 Å². The lowest BCUT2D eigenvalue weighted by molar-refractivity contribution is -0.132. The van der Waals surface area contributed by atoms with Gasteiger partial charge in [-0.25, -0.2) is 4.39 Å². The Bertz CT molecular complexity index is 1340. The zero-order chi connectivity index (χ0) is 28.5. The summed E-state index contributed by atoms with van der Waals surface area (Å²) in [6.07, 6.45) is -0.723. The van der Waals surface area contributed by atoms with Crippen LogP contribution in [-0.2, 0) is 16.1 Å². The molecule has 2 aromatic carbocycles. The molecule has 4 N–H and O–H groups in total. The molecule has 3 atom stereocenters. The minimum atomic E-state index is -1.46. The van der Waals surface area contributed by atoms with Crippen molar-refractivity contribution in [3.63, 3.8) is 0 Å². The van der Waals surface area contributed by atoms with E-state index in [1.54, 1.807) is 38.1 Å². The number of nitrogens with one attached hydrogen (secondary N) is 3. The van der Waals surface area contributed by atoms with Crippen molar-refractivity contribution >= 4 is 24.0 Å². The highest BCUT2D eigenvalue weighted by molar-refractivity contribution is 5.97. The molecule has 0 saturated carbocycles. The van der Waals surface area contributed by atoms with Crippen molar-refractivity contribution in [2.75, 3.05) is 6.61 Å². The molecule has 12 heteroatoms. The SMILES string of the molecule is Cc1ccc(CNC(=O)[C@H](COc2cccc(C=O)c2)NC(=O)[C@@H](NC(=O)c2cc(C)on2)[C@@H](C)O)c(F)c1. The summed E-state index contributed by atoms with van der Waals surface area (Å²) in [4.78, 5) is 49.7. The van der Waals surface area contributed by atoms with E-state index in [1.807, 2.05) is 0 Å². The van der Waals surface area contributed by atoms with Crippen molar-refractivity contribution in [2.45, 2.75) is 45.5 Å². The van der Waals surface area contributed by atoms with Gasteiger partial charge in [0.05, 0.1) is 6.10 Å². The van der Waals surface area contributed by atoms with E-state index in [0.29, 0.717) is 23.2 Å². The van der Waals surface area contributed by atoms with Gasteiger partial charge < -0.3 is 30.3 Å². The molecule has 0 aliphatic carbocycles. The maximum absolute atomic E-state index is 14.3. The summed E-state index contributed by atoms with van der Waals surface area (Å²) in [6.45, 7) is 4.06. The summed E-state index contributed by atoms with van der Waals surface area (Å²) in [5.41, 5.74) is 1.19. The van der Waals surface area contributed by atoms with Crippen LogP contribution in [0.2, 0.25) is 0 Å². The van der Waals surface area contributed by atoms with E-state index < -0.39 is 41.7 Å². The fraction of sp³-hybridized carbons (Fsp3) is 0.296. The van der Waals surface area contributed by atoms with E-state index >= 15 is 0 Å². The lowest BCUT2D eigenvalue weighted by Gasteiger charge is -2.24. The van der Waals surface area contributed by atoms with Crippen molar-refractivity contribution in [2.24, 2.45) is 0 Å². The van der Waals surface area contributed by atoms with E-state index in [9.17, 15) is 28.7 Å². The van der Waals surface area contributed by atoms with Gasteiger partial charge in [-0.15, -0.1) is 0 Å². The summed E-state index contributed by atoms with van der Waals surface area (Å²) in [5, 5.41) is 21.1. The number of aliphatic hydroxyl groups is 1. The normalized spacial score (nSPS) is 13.1. The number of aliphatic hydroxyl groups excluding tert-OH is 1. The molecule has 0 aliphatic rings. The highest BCUT2D eigenvalue weighted by Crippen LogP contribution is 2.13. The van der Waals surface area contributed by atoms with Gasteiger partial charge in [0.1, 0.15) is 42.3 Å². The molecule has 11 nitrogen and oxygen atoms in total. The van der Waals surface area contributed by atoms with E-state index in [2.05, 4.69) is 21.1 Å². The molecule has 0 bridgehead atoms. The molecule has 1 heterocycles. The number of ether oxygens (including phenoxy) is 1. The van der Waals surface area contributed by atoms with Gasteiger partial charge in [-0.3, -0.25) is 19.2 Å². The number of benzene rings is 2. The van der Waals surface area contributed by atoms with Gasteiger partial charge in [-0.1, -0.05) is 29.4 Å². The highest BCUT2D eigenvalue weighted by Gasteiger charge is 2.31. The monoisotopic (exact) mass is 540 g/mol. The zero-order valence-corrected chi connectivity index (χ0v) is 21.6. The molecule has 0 saturated heterocycles. The fourth-order valence-electron chi connectivity index (χ4n) is 3.50. The van der Waals surface area contributed by atoms with Crippen molar-refractivity contribution in [3.8, 4) is 5.75 Å². The van der Waals surface area contributed by atoms with Gasteiger partial charge in [0.15, 0.2) is 5.69 Å². The summed E-state index contributed by atoms with van der Waals surface area (Å²) in [7, 11) is 0. The number of halogens is 1. The number of amides is 3. The van der Waals surface area contributed by atoms with Crippen LogP contribution < -0.4 is 20.7 Å². The molecular formula is C27H29FN4O7. The quantitative estimate of drug-likeness (QED) is 0.252. The predicted molar refractivity (Wildman–Crippen MR) is 136 cm³/mol. The smallest absolute Gasteiger partial charge is 0.274 e. The second kappa shape index (κ2) is 13.3. The first kappa shape index (κ1) is 29.0. The number of aryl methyl sites for hydroxylation is 2. The van der Waals surface area contributed by atoms with Crippen LogP contribution in [0.1, 0.15) is 44.7 Å². The molecule has 3 rings (SSSR count). The molecule has 0 aliphatic heterocycles. The Morgan fingerprint density at radius 3 is 2.51 bits per heavy atom. The molecule has 0 spiro atoms. The first-order valence-corrected chi connectivity index (χ1v) is 12.0. The Morgan fingerprint density at radius 1 is 1.10 bits per heavy atom. The van der Waals surface area contributed by atoms with Crippen LogP contribution >= 0.6 is 0 Å². The number of hydrogen-bond acceptors (Lipinski definition) is 8. The Balaban J connectivity index is 1.75.